The van der Waals surface area contributed by atoms with Gasteiger partial charge in [0.1, 0.15) is 36.9 Å². The SMILES string of the molecule is C=CCO[C@@H]1O[C@H](COC(=O)c2ccccc2)[C@@H](O[C@@H]2O[C@@H]3COC(c4ccccc4)O[C@H]3[C@H](OC(=O)CCl)[C@H]2OC(=O)c2ccccc2)[C@H](OC(=O)c2ccccc2)[C@H]1OC(=O)c1ccccc1. The summed E-state index contributed by atoms with van der Waals surface area (Å²) >= 11 is 6.03. The summed E-state index contributed by atoms with van der Waals surface area (Å²) in [6.45, 7) is 2.87. The standard InChI is InChI=1S/C52H47ClO16/c1-2-28-59-51-44(66-48(57)34-22-12-5-13-23-34)43(65-47(56)33-20-10-4-11-21-33)41(37(62-51)30-60-46(55)32-18-8-3-9-19-32)69-52-45(67-49(58)35-24-14-6-15-25-35)42(64-39(54)29-53)40-38(63-52)31-61-50(68-40)36-26-16-7-17-27-36/h2-27,37-38,40-45,50-52H,1,28-31H2/t37-,38-,40-,41-,42+,43+,44-,45-,50?,51-,52+/m1/s1. The molecule has 0 aromatic heterocycles. The number of carbonyl (C=O) groups excluding carboxylic acids is 5. The van der Waals surface area contributed by atoms with E-state index in [-0.39, 0.29) is 35.5 Å². The van der Waals surface area contributed by atoms with Crippen molar-refractivity contribution in [3.63, 3.8) is 0 Å². The topological polar surface area (TPSA) is 187 Å². The lowest BCUT2D eigenvalue weighted by molar-refractivity contribution is -0.384. The van der Waals surface area contributed by atoms with E-state index in [9.17, 15) is 24.0 Å². The van der Waals surface area contributed by atoms with Crippen molar-refractivity contribution < 1.29 is 76.1 Å². The number of alkyl halides is 1. The van der Waals surface area contributed by atoms with Crippen molar-refractivity contribution in [2.45, 2.75) is 67.7 Å². The van der Waals surface area contributed by atoms with Crippen LogP contribution in [0.2, 0.25) is 0 Å². The van der Waals surface area contributed by atoms with Crippen LogP contribution in [0.5, 0.6) is 0 Å². The third-order valence-electron chi connectivity index (χ3n) is 11.1. The summed E-state index contributed by atoms with van der Waals surface area (Å²) in [6.07, 6.45) is -14.5. The first-order chi connectivity index (χ1) is 33.7. The van der Waals surface area contributed by atoms with E-state index in [1.165, 1.54) is 42.5 Å². The minimum absolute atomic E-state index is 0.107. The molecule has 3 saturated heterocycles. The zero-order valence-corrected chi connectivity index (χ0v) is 37.6. The van der Waals surface area contributed by atoms with Crippen LogP contribution >= 0.6 is 11.6 Å². The average molecular weight is 963 g/mol. The minimum atomic E-state index is -1.75. The van der Waals surface area contributed by atoms with E-state index in [4.69, 9.17) is 63.7 Å². The van der Waals surface area contributed by atoms with E-state index < -0.39 is 110 Å². The van der Waals surface area contributed by atoms with Gasteiger partial charge in [0.2, 0.25) is 0 Å². The molecule has 16 nitrogen and oxygen atoms in total. The van der Waals surface area contributed by atoms with Gasteiger partial charge in [0.25, 0.3) is 0 Å². The molecule has 3 aliphatic rings. The van der Waals surface area contributed by atoms with Crippen LogP contribution < -0.4 is 0 Å². The van der Waals surface area contributed by atoms with E-state index in [0.29, 0.717) is 5.56 Å². The Balaban J connectivity index is 1.23. The molecule has 0 radical (unpaired) electrons. The van der Waals surface area contributed by atoms with Crippen LogP contribution in [0.3, 0.4) is 0 Å². The molecule has 0 saturated carbocycles. The number of esters is 5. The largest absolute Gasteiger partial charge is 0.459 e. The Morgan fingerprint density at radius 3 is 1.54 bits per heavy atom. The van der Waals surface area contributed by atoms with Crippen molar-refractivity contribution in [2.24, 2.45) is 0 Å². The molecule has 1 unspecified atom stereocenters. The molecule has 5 aromatic rings. The van der Waals surface area contributed by atoms with E-state index in [2.05, 4.69) is 6.58 Å². The van der Waals surface area contributed by atoms with Gasteiger partial charge in [-0.15, -0.1) is 18.2 Å². The highest BCUT2D eigenvalue weighted by Crippen LogP contribution is 2.40. The summed E-state index contributed by atoms with van der Waals surface area (Å²) in [5, 5.41) is 0. The maximum Gasteiger partial charge on any atom is 0.338 e. The molecule has 0 amide bonds. The molecule has 8 rings (SSSR count). The summed E-state index contributed by atoms with van der Waals surface area (Å²) in [4.78, 5) is 69.1. The molecule has 3 aliphatic heterocycles. The summed E-state index contributed by atoms with van der Waals surface area (Å²) in [6, 6.07) is 41.1. The maximum atomic E-state index is 14.2. The molecular formula is C52H47ClO16. The summed E-state index contributed by atoms with van der Waals surface area (Å²) < 4.78 is 69.0. The lowest BCUT2D eigenvalue weighted by Gasteiger charge is -2.50. The van der Waals surface area contributed by atoms with Crippen molar-refractivity contribution in [2.75, 3.05) is 25.7 Å². The van der Waals surface area contributed by atoms with Gasteiger partial charge in [-0.3, -0.25) is 4.79 Å². The Morgan fingerprint density at radius 1 is 0.551 bits per heavy atom. The van der Waals surface area contributed by atoms with E-state index in [0.717, 1.165) is 0 Å². The molecule has 0 aliphatic carbocycles. The molecule has 0 spiro atoms. The molecule has 11 atom stereocenters. The van der Waals surface area contributed by atoms with Crippen LogP contribution in [0.4, 0.5) is 0 Å². The van der Waals surface area contributed by atoms with Crippen molar-refractivity contribution in [3.8, 4) is 0 Å². The Bertz CT molecular complexity index is 2500. The van der Waals surface area contributed by atoms with Gasteiger partial charge in [-0.25, -0.2) is 19.2 Å². The highest BCUT2D eigenvalue weighted by Gasteiger charge is 2.58. The number of carbonyl (C=O) groups is 5. The fraction of sp³-hybridized carbons (Fsp3) is 0.288. The van der Waals surface area contributed by atoms with Crippen molar-refractivity contribution in [1.82, 2.24) is 0 Å². The van der Waals surface area contributed by atoms with Crippen LogP contribution in [0.1, 0.15) is 53.3 Å². The minimum Gasteiger partial charge on any atom is -0.459 e. The van der Waals surface area contributed by atoms with E-state index in [1.807, 2.05) is 6.07 Å². The third-order valence-corrected chi connectivity index (χ3v) is 11.4. The van der Waals surface area contributed by atoms with Crippen LogP contribution in [-0.2, 0) is 56.9 Å². The average Bonchev–Trinajstić information content (AvgIpc) is 3.40. The summed E-state index contributed by atoms with van der Waals surface area (Å²) in [7, 11) is 0. The Hall–Kier alpha value is -6.76. The second kappa shape index (κ2) is 23.5. The highest BCUT2D eigenvalue weighted by molar-refractivity contribution is 6.26. The first-order valence-electron chi connectivity index (χ1n) is 22.0. The number of hydrogen-bond donors (Lipinski definition) is 0. The van der Waals surface area contributed by atoms with Crippen LogP contribution in [-0.4, -0.2) is 117 Å². The predicted octanol–water partition coefficient (Wildman–Crippen LogP) is 6.82. The molecule has 358 valence electrons. The van der Waals surface area contributed by atoms with Crippen LogP contribution in [0.25, 0.3) is 0 Å². The van der Waals surface area contributed by atoms with Gasteiger partial charge >= 0.3 is 29.8 Å². The quantitative estimate of drug-likeness (QED) is 0.0408. The fourth-order valence-corrected chi connectivity index (χ4v) is 7.94. The van der Waals surface area contributed by atoms with Crippen molar-refractivity contribution in [1.29, 1.82) is 0 Å². The first-order valence-corrected chi connectivity index (χ1v) is 22.5. The van der Waals surface area contributed by atoms with Gasteiger partial charge in [0, 0.05) is 5.56 Å². The second-order valence-electron chi connectivity index (χ2n) is 15.7. The number of ether oxygens (including phenoxy) is 11. The number of fused-ring (bicyclic) bond motifs is 1. The lowest BCUT2D eigenvalue weighted by Crippen LogP contribution is -2.68. The number of benzene rings is 5. The predicted molar refractivity (Wildman–Crippen MR) is 243 cm³/mol. The Labute approximate surface area is 401 Å². The van der Waals surface area contributed by atoms with Crippen molar-refractivity contribution >= 4 is 41.4 Å². The van der Waals surface area contributed by atoms with Gasteiger partial charge in [-0.2, -0.15) is 0 Å². The van der Waals surface area contributed by atoms with Gasteiger partial charge in [0.15, 0.2) is 43.3 Å². The smallest absolute Gasteiger partial charge is 0.338 e. The van der Waals surface area contributed by atoms with Crippen LogP contribution in [0, 0.1) is 0 Å². The Morgan fingerprint density at radius 2 is 1.03 bits per heavy atom. The molecule has 0 bridgehead atoms. The highest BCUT2D eigenvalue weighted by atomic mass is 35.5. The number of halogens is 1. The van der Waals surface area contributed by atoms with Crippen molar-refractivity contribution in [3.05, 3.63) is 192 Å². The molecule has 17 heteroatoms. The lowest BCUT2D eigenvalue weighted by atomic mass is 9.95. The first kappa shape index (κ1) is 48.7. The molecule has 3 heterocycles. The van der Waals surface area contributed by atoms with Gasteiger partial charge in [-0.05, 0) is 48.5 Å². The summed E-state index contributed by atoms with van der Waals surface area (Å²) in [5.74, 6) is -4.85. The summed E-state index contributed by atoms with van der Waals surface area (Å²) in [5.41, 5.74) is 1.20. The van der Waals surface area contributed by atoms with Crippen LogP contribution in [0.15, 0.2) is 164 Å². The number of rotatable bonds is 17. The molecular weight excluding hydrogens is 916 g/mol. The monoisotopic (exact) mass is 962 g/mol. The van der Waals surface area contributed by atoms with Gasteiger partial charge in [-0.1, -0.05) is 109 Å². The third kappa shape index (κ3) is 12.1. The molecule has 69 heavy (non-hydrogen) atoms. The molecule has 5 aromatic carbocycles. The maximum absolute atomic E-state index is 14.2. The Kier molecular flexibility index (Phi) is 16.6. The van der Waals surface area contributed by atoms with E-state index >= 15 is 0 Å². The molecule has 0 N–H and O–H groups in total. The zero-order chi connectivity index (χ0) is 48.1. The van der Waals surface area contributed by atoms with Gasteiger partial charge in [0.05, 0.1) is 35.5 Å². The fourth-order valence-electron chi connectivity index (χ4n) is 7.88. The normalized spacial score (nSPS) is 26.2. The zero-order valence-electron chi connectivity index (χ0n) is 36.8. The molecule has 3 fully saturated rings. The van der Waals surface area contributed by atoms with E-state index in [1.54, 1.807) is 109 Å². The second-order valence-corrected chi connectivity index (χ2v) is 16.0. The van der Waals surface area contributed by atoms with Gasteiger partial charge < -0.3 is 52.1 Å². The number of hydrogen-bond acceptors (Lipinski definition) is 16.